The summed E-state index contributed by atoms with van der Waals surface area (Å²) in [5.41, 5.74) is 10.4. The van der Waals surface area contributed by atoms with Gasteiger partial charge in [0.05, 0.1) is 6.57 Å². The predicted molar refractivity (Wildman–Crippen MR) is 183 cm³/mol. The van der Waals surface area contributed by atoms with E-state index in [2.05, 4.69) is 97.6 Å². The van der Waals surface area contributed by atoms with Gasteiger partial charge in [-0.2, -0.15) is 0 Å². The zero-order chi connectivity index (χ0) is 30.5. The molecule has 0 saturated heterocycles. The van der Waals surface area contributed by atoms with Crippen molar-refractivity contribution < 1.29 is 0 Å². The van der Waals surface area contributed by atoms with Gasteiger partial charge in [-0.05, 0) is 56.3 Å². The molecule has 6 aromatic carbocycles. The summed E-state index contributed by atoms with van der Waals surface area (Å²) in [6.45, 7) is 12.2. The van der Waals surface area contributed by atoms with Crippen LogP contribution in [0.1, 0.15) is 25.0 Å². The molecule has 45 heavy (non-hydrogen) atoms. The first-order valence-electron chi connectivity index (χ1n) is 15.1. The largest absolute Gasteiger partial charge is 0.238 e. The molecule has 0 spiro atoms. The number of benzene rings is 6. The summed E-state index contributed by atoms with van der Waals surface area (Å²) >= 11 is 0. The highest BCUT2D eigenvalue weighted by Crippen LogP contribution is 2.53. The van der Waals surface area contributed by atoms with E-state index in [0.29, 0.717) is 23.2 Å². The average molecular weight is 577 g/mol. The van der Waals surface area contributed by atoms with Gasteiger partial charge in [-0.1, -0.05) is 135 Å². The quantitative estimate of drug-likeness (QED) is 0.196. The summed E-state index contributed by atoms with van der Waals surface area (Å²) in [4.78, 5) is 18.8. The van der Waals surface area contributed by atoms with E-state index in [1.807, 2.05) is 54.6 Å². The maximum Gasteiger partial charge on any atom is 0.187 e. The summed E-state index contributed by atoms with van der Waals surface area (Å²) in [6.07, 6.45) is 0. The SMILES string of the molecule is [C-]#[N+]c1ccc2c(c1)-c1c(-c3cccc(-c4nc(-c5ccccc5)nc(-c5cccc6ccccc56)n4)c3)cccc1C2(C)C. The van der Waals surface area contributed by atoms with Gasteiger partial charge in [0.1, 0.15) is 0 Å². The van der Waals surface area contributed by atoms with E-state index >= 15 is 0 Å². The summed E-state index contributed by atoms with van der Waals surface area (Å²) in [7, 11) is 0. The van der Waals surface area contributed by atoms with Crippen LogP contribution in [0.5, 0.6) is 0 Å². The molecule has 0 saturated carbocycles. The van der Waals surface area contributed by atoms with Crippen LogP contribution in [0.4, 0.5) is 5.69 Å². The van der Waals surface area contributed by atoms with Crippen molar-refractivity contribution in [3.8, 4) is 56.4 Å². The van der Waals surface area contributed by atoms with Crippen molar-refractivity contribution in [2.45, 2.75) is 19.3 Å². The number of nitrogens with zero attached hydrogens (tertiary/aromatic N) is 4. The van der Waals surface area contributed by atoms with E-state index in [1.165, 1.54) is 16.7 Å². The van der Waals surface area contributed by atoms with Crippen LogP contribution >= 0.6 is 0 Å². The normalized spacial score (nSPS) is 12.8. The van der Waals surface area contributed by atoms with Crippen LogP contribution < -0.4 is 0 Å². The Bertz CT molecular complexity index is 2310. The summed E-state index contributed by atoms with van der Waals surface area (Å²) in [6, 6.07) is 45.7. The first-order valence-corrected chi connectivity index (χ1v) is 15.1. The maximum atomic E-state index is 7.64. The minimum absolute atomic E-state index is 0.162. The van der Waals surface area contributed by atoms with Gasteiger partial charge in [-0.3, -0.25) is 0 Å². The van der Waals surface area contributed by atoms with Crippen LogP contribution in [-0.4, -0.2) is 15.0 Å². The number of aromatic nitrogens is 3. The fourth-order valence-corrected chi connectivity index (χ4v) is 6.69. The standard InChI is InChI=1S/C41H28N4/c1-41(2)35-23-22-30(42-3)25-34(35)37-32(19-11-21-36(37)41)28-16-9-17-29(24-28)39-43-38(27-13-5-4-6-14-27)44-40(45-39)33-20-10-15-26-12-7-8-18-31(26)33/h4-25H,1-2H3. The third-order valence-electron chi connectivity index (χ3n) is 8.94. The number of fused-ring (bicyclic) bond motifs is 4. The number of hydrogen-bond donors (Lipinski definition) is 0. The van der Waals surface area contributed by atoms with Crippen molar-refractivity contribution in [2.75, 3.05) is 0 Å². The van der Waals surface area contributed by atoms with E-state index in [0.717, 1.165) is 44.2 Å². The lowest BCUT2D eigenvalue weighted by atomic mass is 9.82. The van der Waals surface area contributed by atoms with E-state index in [4.69, 9.17) is 21.5 Å². The molecule has 4 nitrogen and oxygen atoms in total. The molecule has 0 amide bonds. The van der Waals surface area contributed by atoms with Crippen LogP contribution in [0.25, 0.3) is 72.0 Å². The van der Waals surface area contributed by atoms with Crippen molar-refractivity contribution >= 4 is 16.5 Å². The Morgan fingerprint density at radius 3 is 2.00 bits per heavy atom. The van der Waals surface area contributed by atoms with Gasteiger partial charge in [0.15, 0.2) is 23.2 Å². The van der Waals surface area contributed by atoms with Crippen molar-refractivity contribution in [3.63, 3.8) is 0 Å². The minimum Gasteiger partial charge on any atom is -0.238 e. The average Bonchev–Trinajstić information content (AvgIpc) is 3.33. The molecule has 1 aliphatic rings. The molecule has 0 atom stereocenters. The second-order valence-corrected chi connectivity index (χ2v) is 12.0. The Balaban J connectivity index is 1.32. The van der Waals surface area contributed by atoms with Gasteiger partial charge in [-0.15, -0.1) is 0 Å². The molecule has 212 valence electrons. The number of rotatable bonds is 4. The van der Waals surface area contributed by atoms with E-state index < -0.39 is 0 Å². The third kappa shape index (κ3) is 4.41. The second-order valence-electron chi connectivity index (χ2n) is 12.0. The smallest absolute Gasteiger partial charge is 0.187 e. The van der Waals surface area contributed by atoms with Gasteiger partial charge < -0.3 is 0 Å². The van der Waals surface area contributed by atoms with Gasteiger partial charge in [0.2, 0.25) is 0 Å². The van der Waals surface area contributed by atoms with Crippen LogP contribution in [0.15, 0.2) is 133 Å². The monoisotopic (exact) mass is 576 g/mol. The molecule has 0 radical (unpaired) electrons. The van der Waals surface area contributed by atoms with Gasteiger partial charge in [0, 0.05) is 22.1 Å². The fraction of sp³-hybridized carbons (Fsp3) is 0.0732. The number of hydrogen-bond acceptors (Lipinski definition) is 3. The molecule has 0 fully saturated rings. The van der Waals surface area contributed by atoms with E-state index in [1.54, 1.807) is 0 Å². The van der Waals surface area contributed by atoms with Crippen molar-refractivity contribution in [2.24, 2.45) is 0 Å². The molecule has 1 aliphatic carbocycles. The summed E-state index contributed by atoms with van der Waals surface area (Å²) in [5, 5.41) is 2.24. The molecule has 0 unspecified atom stereocenters. The van der Waals surface area contributed by atoms with Crippen molar-refractivity contribution in [3.05, 3.63) is 156 Å². The highest BCUT2D eigenvalue weighted by Gasteiger charge is 2.36. The zero-order valence-electron chi connectivity index (χ0n) is 25.0. The molecule has 1 heterocycles. The van der Waals surface area contributed by atoms with Gasteiger partial charge in [-0.25, -0.2) is 19.8 Å². The van der Waals surface area contributed by atoms with Crippen LogP contribution in [-0.2, 0) is 5.41 Å². The lowest BCUT2D eigenvalue weighted by molar-refractivity contribution is 0.660. The van der Waals surface area contributed by atoms with Crippen molar-refractivity contribution in [1.29, 1.82) is 0 Å². The summed E-state index contributed by atoms with van der Waals surface area (Å²) < 4.78 is 0. The molecular weight excluding hydrogens is 548 g/mol. The topological polar surface area (TPSA) is 43.0 Å². The third-order valence-corrected chi connectivity index (χ3v) is 8.94. The molecule has 8 rings (SSSR count). The first kappa shape index (κ1) is 26.7. The molecule has 1 aromatic heterocycles. The Labute approximate surface area is 262 Å². The Kier molecular flexibility index (Phi) is 6.15. The van der Waals surface area contributed by atoms with E-state index in [9.17, 15) is 0 Å². The zero-order valence-corrected chi connectivity index (χ0v) is 25.0. The predicted octanol–water partition coefficient (Wildman–Crippen LogP) is 10.5. The Hall–Kier alpha value is -5.92. The first-order chi connectivity index (χ1) is 22.0. The molecule has 0 aliphatic heterocycles. The molecule has 0 bridgehead atoms. The van der Waals surface area contributed by atoms with Crippen LogP contribution in [0.2, 0.25) is 0 Å². The molecule has 0 N–H and O–H groups in total. The minimum atomic E-state index is -0.162. The molecule has 4 heteroatoms. The highest BCUT2D eigenvalue weighted by molar-refractivity contribution is 5.96. The Morgan fingerprint density at radius 1 is 0.511 bits per heavy atom. The highest BCUT2D eigenvalue weighted by atomic mass is 15.0. The van der Waals surface area contributed by atoms with Gasteiger partial charge >= 0.3 is 0 Å². The Morgan fingerprint density at radius 2 is 1.16 bits per heavy atom. The fourth-order valence-electron chi connectivity index (χ4n) is 6.69. The lowest BCUT2D eigenvalue weighted by Gasteiger charge is -2.21. The molecular formula is C41H28N4. The van der Waals surface area contributed by atoms with E-state index in [-0.39, 0.29) is 5.41 Å². The van der Waals surface area contributed by atoms with Crippen LogP contribution in [0.3, 0.4) is 0 Å². The molecule has 7 aromatic rings. The summed E-state index contributed by atoms with van der Waals surface area (Å²) in [5.74, 6) is 1.90. The van der Waals surface area contributed by atoms with Crippen molar-refractivity contribution in [1.82, 2.24) is 15.0 Å². The van der Waals surface area contributed by atoms with Gasteiger partial charge in [0.25, 0.3) is 0 Å². The maximum absolute atomic E-state index is 7.64. The lowest BCUT2D eigenvalue weighted by Crippen LogP contribution is -2.14. The second kappa shape index (κ2) is 10.4. The van der Waals surface area contributed by atoms with Crippen LogP contribution in [0, 0.1) is 6.57 Å².